The van der Waals surface area contributed by atoms with Gasteiger partial charge in [0.15, 0.2) is 0 Å². The highest BCUT2D eigenvalue weighted by molar-refractivity contribution is 6.03. The SMILES string of the molecule is O=C(C=Cc1cccc2ccccc12)Nc1cccc(-c2nnco2)c1. The molecule has 1 N–H and O–H groups in total. The van der Waals surface area contributed by atoms with Crippen LogP contribution in [0.2, 0.25) is 0 Å². The number of hydrogen-bond acceptors (Lipinski definition) is 4. The number of benzene rings is 3. The van der Waals surface area contributed by atoms with Gasteiger partial charge in [0, 0.05) is 17.3 Å². The number of nitrogens with zero attached hydrogens (tertiary/aromatic N) is 2. The monoisotopic (exact) mass is 341 g/mol. The van der Waals surface area contributed by atoms with E-state index in [1.807, 2.05) is 54.6 Å². The first-order chi connectivity index (χ1) is 12.8. The number of hydrogen-bond donors (Lipinski definition) is 1. The van der Waals surface area contributed by atoms with E-state index in [4.69, 9.17) is 4.42 Å². The van der Waals surface area contributed by atoms with Gasteiger partial charge in [-0.3, -0.25) is 4.79 Å². The van der Waals surface area contributed by atoms with Crippen LogP contribution in [0.1, 0.15) is 5.56 Å². The van der Waals surface area contributed by atoms with Crippen LogP contribution in [0.25, 0.3) is 28.3 Å². The number of rotatable bonds is 4. The van der Waals surface area contributed by atoms with Crippen LogP contribution in [0, 0.1) is 0 Å². The molecule has 0 atom stereocenters. The summed E-state index contributed by atoms with van der Waals surface area (Å²) in [4.78, 5) is 12.3. The number of amides is 1. The van der Waals surface area contributed by atoms with Crippen LogP contribution >= 0.6 is 0 Å². The molecule has 0 bridgehead atoms. The van der Waals surface area contributed by atoms with Crippen molar-refractivity contribution in [1.29, 1.82) is 0 Å². The molecule has 0 fully saturated rings. The Hall–Kier alpha value is -3.73. The highest BCUT2D eigenvalue weighted by atomic mass is 16.4. The van der Waals surface area contributed by atoms with E-state index in [1.54, 1.807) is 6.07 Å². The molecule has 0 aliphatic carbocycles. The van der Waals surface area contributed by atoms with Crippen molar-refractivity contribution in [2.24, 2.45) is 0 Å². The second kappa shape index (κ2) is 7.03. The first-order valence-electron chi connectivity index (χ1n) is 8.13. The summed E-state index contributed by atoms with van der Waals surface area (Å²) >= 11 is 0. The van der Waals surface area contributed by atoms with Crippen LogP contribution in [-0.4, -0.2) is 16.1 Å². The summed E-state index contributed by atoms with van der Waals surface area (Å²) in [5.74, 6) is 0.202. The van der Waals surface area contributed by atoms with E-state index in [2.05, 4.69) is 27.6 Å². The Balaban J connectivity index is 1.52. The molecular weight excluding hydrogens is 326 g/mol. The third-order valence-corrected chi connectivity index (χ3v) is 3.97. The van der Waals surface area contributed by atoms with Crippen LogP contribution in [0.5, 0.6) is 0 Å². The van der Waals surface area contributed by atoms with Crippen molar-refractivity contribution in [3.63, 3.8) is 0 Å². The predicted octanol–water partition coefficient (Wildman–Crippen LogP) is 4.54. The van der Waals surface area contributed by atoms with Crippen LogP contribution in [0.4, 0.5) is 5.69 Å². The number of carbonyl (C=O) groups is 1. The summed E-state index contributed by atoms with van der Waals surface area (Å²) in [6.07, 6.45) is 4.62. The van der Waals surface area contributed by atoms with E-state index in [0.29, 0.717) is 11.6 Å². The lowest BCUT2D eigenvalue weighted by Gasteiger charge is -2.04. The molecule has 126 valence electrons. The molecule has 0 aliphatic rings. The number of fused-ring (bicyclic) bond motifs is 1. The third kappa shape index (κ3) is 3.37. The molecule has 0 unspecified atom stereocenters. The minimum Gasteiger partial charge on any atom is -0.423 e. The maximum Gasteiger partial charge on any atom is 0.248 e. The average molecular weight is 341 g/mol. The van der Waals surface area contributed by atoms with Crippen LogP contribution in [0.3, 0.4) is 0 Å². The molecule has 26 heavy (non-hydrogen) atoms. The van der Waals surface area contributed by atoms with Gasteiger partial charge in [0.25, 0.3) is 0 Å². The van der Waals surface area contributed by atoms with Crippen LogP contribution in [-0.2, 0) is 4.79 Å². The molecule has 4 rings (SSSR count). The number of aromatic nitrogens is 2. The Labute approximate surface area is 150 Å². The molecular formula is C21H15N3O2. The molecule has 4 aromatic rings. The quantitative estimate of drug-likeness (QED) is 0.553. The van der Waals surface area contributed by atoms with Gasteiger partial charge in [-0.1, -0.05) is 48.5 Å². The largest absolute Gasteiger partial charge is 0.423 e. The van der Waals surface area contributed by atoms with Gasteiger partial charge in [-0.05, 0) is 40.6 Å². The Morgan fingerprint density at radius 3 is 2.73 bits per heavy atom. The molecule has 0 radical (unpaired) electrons. The van der Waals surface area contributed by atoms with Gasteiger partial charge in [0.2, 0.25) is 18.2 Å². The second-order valence-corrected chi connectivity index (χ2v) is 5.72. The van der Waals surface area contributed by atoms with Gasteiger partial charge in [0.05, 0.1) is 0 Å². The van der Waals surface area contributed by atoms with E-state index in [9.17, 15) is 4.79 Å². The second-order valence-electron chi connectivity index (χ2n) is 5.72. The maximum absolute atomic E-state index is 12.3. The highest BCUT2D eigenvalue weighted by Crippen LogP contribution is 2.21. The number of carbonyl (C=O) groups excluding carboxylic acids is 1. The Morgan fingerprint density at radius 2 is 1.85 bits per heavy atom. The molecule has 0 spiro atoms. The first kappa shape index (κ1) is 15.8. The smallest absolute Gasteiger partial charge is 0.248 e. The van der Waals surface area contributed by atoms with Gasteiger partial charge in [-0.25, -0.2) is 0 Å². The Morgan fingerprint density at radius 1 is 1.00 bits per heavy atom. The van der Waals surface area contributed by atoms with Crippen molar-refractivity contribution in [3.8, 4) is 11.5 Å². The fraction of sp³-hybridized carbons (Fsp3) is 0. The van der Waals surface area contributed by atoms with Crippen molar-refractivity contribution in [3.05, 3.63) is 84.8 Å². The maximum atomic E-state index is 12.3. The van der Waals surface area contributed by atoms with E-state index in [0.717, 1.165) is 21.9 Å². The van der Waals surface area contributed by atoms with Gasteiger partial charge in [-0.15, -0.1) is 10.2 Å². The zero-order valence-corrected chi connectivity index (χ0v) is 13.8. The molecule has 0 saturated carbocycles. The van der Waals surface area contributed by atoms with Crippen molar-refractivity contribution >= 4 is 28.4 Å². The van der Waals surface area contributed by atoms with Gasteiger partial charge < -0.3 is 9.73 Å². The minimum absolute atomic E-state index is 0.208. The third-order valence-electron chi connectivity index (χ3n) is 3.97. The van der Waals surface area contributed by atoms with Gasteiger partial charge >= 0.3 is 0 Å². The fourth-order valence-corrected chi connectivity index (χ4v) is 2.77. The molecule has 5 heteroatoms. The topological polar surface area (TPSA) is 68.0 Å². The van der Waals surface area contributed by atoms with Gasteiger partial charge in [0.1, 0.15) is 0 Å². The zero-order valence-electron chi connectivity index (χ0n) is 13.8. The molecule has 1 aromatic heterocycles. The van der Waals surface area contributed by atoms with Crippen LogP contribution in [0.15, 0.2) is 83.6 Å². The highest BCUT2D eigenvalue weighted by Gasteiger charge is 2.05. The summed E-state index contributed by atoms with van der Waals surface area (Å²) in [6.45, 7) is 0. The minimum atomic E-state index is -0.208. The van der Waals surface area contributed by atoms with Crippen molar-refractivity contribution < 1.29 is 9.21 Å². The van der Waals surface area contributed by atoms with E-state index in [1.165, 1.54) is 12.5 Å². The molecule has 1 heterocycles. The van der Waals surface area contributed by atoms with Crippen molar-refractivity contribution in [2.45, 2.75) is 0 Å². The normalized spacial score (nSPS) is 11.1. The average Bonchev–Trinajstić information content (AvgIpc) is 3.21. The first-order valence-corrected chi connectivity index (χ1v) is 8.13. The molecule has 1 amide bonds. The summed E-state index contributed by atoms with van der Waals surface area (Å²) in [5, 5.41) is 12.6. The fourth-order valence-electron chi connectivity index (χ4n) is 2.77. The summed E-state index contributed by atoms with van der Waals surface area (Å²) in [7, 11) is 0. The lowest BCUT2D eigenvalue weighted by molar-refractivity contribution is -0.111. The number of nitrogens with one attached hydrogen (secondary N) is 1. The lowest BCUT2D eigenvalue weighted by Crippen LogP contribution is -2.07. The Bertz CT molecular complexity index is 1080. The molecule has 3 aromatic carbocycles. The Kier molecular flexibility index (Phi) is 4.26. The van der Waals surface area contributed by atoms with Crippen LogP contribution < -0.4 is 5.32 Å². The van der Waals surface area contributed by atoms with E-state index < -0.39 is 0 Å². The molecule has 0 saturated heterocycles. The summed E-state index contributed by atoms with van der Waals surface area (Å²) in [6, 6.07) is 21.4. The number of anilines is 1. The van der Waals surface area contributed by atoms with Gasteiger partial charge in [-0.2, -0.15) is 0 Å². The predicted molar refractivity (Wildman–Crippen MR) is 101 cm³/mol. The van der Waals surface area contributed by atoms with Crippen molar-refractivity contribution in [2.75, 3.05) is 5.32 Å². The molecule has 0 aliphatic heterocycles. The summed E-state index contributed by atoms with van der Waals surface area (Å²) in [5.41, 5.74) is 2.41. The molecule has 5 nitrogen and oxygen atoms in total. The zero-order chi connectivity index (χ0) is 17.8. The summed E-state index contributed by atoms with van der Waals surface area (Å²) < 4.78 is 5.18. The standard InChI is InChI=1S/C21H15N3O2/c25-20(12-11-16-7-3-6-15-5-1-2-10-19(15)16)23-18-9-4-8-17(13-18)21-24-22-14-26-21/h1-14H,(H,23,25). The van der Waals surface area contributed by atoms with E-state index in [-0.39, 0.29) is 5.91 Å². The lowest BCUT2D eigenvalue weighted by atomic mass is 10.0. The van der Waals surface area contributed by atoms with Crippen molar-refractivity contribution in [1.82, 2.24) is 10.2 Å². The van der Waals surface area contributed by atoms with E-state index >= 15 is 0 Å².